The number of carbonyl (C=O) groups excluding carboxylic acids is 3. The van der Waals surface area contributed by atoms with E-state index in [1.165, 1.54) is 12.1 Å². The molecule has 3 fully saturated rings. The second kappa shape index (κ2) is 13.3. The van der Waals surface area contributed by atoms with Gasteiger partial charge in [0.1, 0.15) is 0 Å². The predicted octanol–water partition coefficient (Wildman–Crippen LogP) is 6.01. The molecule has 0 saturated carbocycles. The van der Waals surface area contributed by atoms with Crippen molar-refractivity contribution in [1.82, 2.24) is 14.7 Å². The number of rotatable bonds is 7. The van der Waals surface area contributed by atoms with Crippen LogP contribution in [0.4, 0.5) is 18.9 Å². The molecule has 3 aliphatic heterocycles. The summed E-state index contributed by atoms with van der Waals surface area (Å²) < 4.78 is 39.9. The van der Waals surface area contributed by atoms with Crippen LogP contribution in [0.3, 0.4) is 0 Å². The quantitative estimate of drug-likeness (QED) is 0.368. The molecule has 0 spiro atoms. The maximum atomic E-state index is 13.7. The van der Waals surface area contributed by atoms with Gasteiger partial charge >= 0.3 is 6.18 Å². The Morgan fingerprint density at radius 1 is 0.955 bits per heavy atom. The average molecular weight is 654 g/mol. The average Bonchev–Trinajstić information content (AvgIpc) is 3.55. The molecule has 0 bridgehead atoms. The van der Waals surface area contributed by atoms with Gasteiger partial charge < -0.3 is 19.6 Å². The first kappa shape index (κ1) is 32.6. The van der Waals surface area contributed by atoms with Crippen LogP contribution < -0.4 is 4.90 Å². The van der Waals surface area contributed by atoms with Crippen molar-refractivity contribution in [1.29, 1.82) is 0 Å². The zero-order chi connectivity index (χ0) is 31.8. The van der Waals surface area contributed by atoms with Gasteiger partial charge in [-0.15, -0.1) is 0 Å². The maximum absolute atomic E-state index is 13.7. The van der Waals surface area contributed by atoms with Gasteiger partial charge in [0.05, 0.1) is 16.1 Å². The monoisotopic (exact) mass is 652 g/mol. The number of halogens is 5. The highest BCUT2D eigenvalue weighted by atomic mass is 35.5. The summed E-state index contributed by atoms with van der Waals surface area (Å²) in [4.78, 5) is 46.2. The summed E-state index contributed by atoms with van der Waals surface area (Å²) in [5.74, 6) is -0.103. The zero-order valence-electron chi connectivity index (χ0n) is 24.9. The molecule has 3 saturated heterocycles. The zero-order valence-corrected chi connectivity index (χ0v) is 26.4. The summed E-state index contributed by atoms with van der Waals surface area (Å²) in [6.45, 7) is 8.41. The second-order valence-electron chi connectivity index (χ2n) is 12.2. The van der Waals surface area contributed by atoms with E-state index < -0.39 is 22.7 Å². The highest BCUT2D eigenvalue weighted by Crippen LogP contribution is 2.38. The van der Waals surface area contributed by atoms with Crippen LogP contribution in [0, 0.1) is 24.7 Å². The molecule has 0 aliphatic carbocycles. The molecule has 2 aromatic carbocycles. The highest BCUT2D eigenvalue weighted by Gasteiger charge is 2.43. The van der Waals surface area contributed by atoms with Gasteiger partial charge in [-0.3, -0.25) is 14.4 Å². The minimum Gasteiger partial charge on any atom is -0.343 e. The lowest BCUT2D eigenvalue weighted by Gasteiger charge is -2.34. The molecule has 2 unspecified atom stereocenters. The van der Waals surface area contributed by atoms with Gasteiger partial charge in [-0.25, -0.2) is 0 Å². The molecule has 3 heterocycles. The van der Waals surface area contributed by atoms with Crippen molar-refractivity contribution in [3.8, 4) is 0 Å². The number of amides is 3. The molecule has 0 N–H and O–H groups in total. The molecule has 238 valence electrons. The minimum atomic E-state index is -4.63. The van der Waals surface area contributed by atoms with E-state index in [1.807, 2.05) is 30.0 Å². The first-order valence-corrected chi connectivity index (χ1v) is 15.8. The van der Waals surface area contributed by atoms with Gasteiger partial charge in [0.2, 0.25) is 11.8 Å². The Hall–Kier alpha value is -2.82. The van der Waals surface area contributed by atoms with Gasteiger partial charge in [-0.05, 0) is 74.4 Å². The minimum absolute atomic E-state index is 0.0281. The number of nitrogens with zero attached hydrogens (tertiary/aromatic N) is 4. The number of carbonyl (C=O) groups is 3. The predicted molar refractivity (Wildman–Crippen MR) is 164 cm³/mol. The fourth-order valence-electron chi connectivity index (χ4n) is 6.76. The van der Waals surface area contributed by atoms with Gasteiger partial charge in [-0.2, -0.15) is 13.2 Å². The number of hydrogen-bond donors (Lipinski definition) is 0. The third-order valence-electron chi connectivity index (χ3n) is 9.26. The van der Waals surface area contributed by atoms with Crippen LogP contribution >= 0.6 is 23.2 Å². The smallest absolute Gasteiger partial charge is 0.343 e. The van der Waals surface area contributed by atoms with E-state index in [-0.39, 0.29) is 35.1 Å². The van der Waals surface area contributed by atoms with Crippen molar-refractivity contribution in [2.75, 3.05) is 57.3 Å². The number of piperidine rings is 1. The molecule has 44 heavy (non-hydrogen) atoms. The number of anilines is 1. The van der Waals surface area contributed by atoms with E-state index in [4.69, 9.17) is 23.2 Å². The molecule has 2 aromatic rings. The largest absolute Gasteiger partial charge is 0.417 e. The normalized spacial score (nSPS) is 21.1. The molecular formula is C32H37Cl2F3N4O3. The van der Waals surface area contributed by atoms with E-state index in [1.54, 1.807) is 16.7 Å². The summed E-state index contributed by atoms with van der Waals surface area (Å²) in [5.41, 5.74) is 0.577. The Labute approximate surface area is 265 Å². The molecule has 3 amide bonds. The van der Waals surface area contributed by atoms with Crippen molar-refractivity contribution in [3.63, 3.8) is 0 Å². The van der Waals surface area contributed by atoms with Crippen molar-refractivity contribution in [2.24, 2.45) is 17.8 Å². The molecule has 2 atom stereocenters. The first-order chi connectivity index (χ1) is 20.8. The second-order valence-corrected chi connectivity index (χ2v) is 13.0. The number of fused-ring (bicyclic) bond motifs is 1. The van der Waals surface area contributed by atoms with Crippen molar-refractivity contribution in [3.05, 3.63) is 63.1 Å². The van der Waals surface area contributed by atoms with Crippen LogP contribution in [0.2, 0.25) is 10.0 Å². The van der Waals surface area contributed by atoms with E-state index in [9.17, 15) is 27.6 Å². The molecule has 0 radical (unpaired) electrons. The standard InChI is InChI=1S/C32H37Cl2F3N4O3/c1-20-7-8-25(15-28(20)33)41(30(43)22-9-13-39(14-10-22)21(2)42)12-4-11-38-16-23-18-40(19-24(23)17-38)31(44)26-5-3-6-27(29(26)34)32(35,36)37/h3,5-8,15,22-24H,4,9-14,16-19H2,1-2H3. The van der Waals surface area contributed by atoms with Crippen molar-refractivity contribution < 1.29 is 27.6 Å². The summed E-state index contributed by atoms with van der Waals surface area (Å²) in [6.07, 6.45) is -2.63. The molecule has 0 aromatic heterocycles. The number of aryl methyl sites for hydroxylation is 1. The Kier molecular flexibility index (Phi) is 9.82. The topological polar surface area (TPSA) is 64.2 Å². The summed E-state index contributed by atoms with van der Waals surface area (Å²) in [5, 5.41) is 0.0478. The van der Waals surface area contributed by atoms with E-state index in [0.717, 1.165) is 43.4 Å². The summed E-state index contributed by atoms with van der Waals surface area (Å²) in [7, 11) is 0. The molecule has 5 rings (SSSR count). The molecule has 3 aliphatic rings. The van der Waals surface area contributed by atoms with Crippen LogP contribution in [-0.2, 0) is 15.8 Å². The summed E-state index contributed by atoms with van der Waals surface area (Å²) >= 11 is 12.4. The van der Waals surface area contributed by atoms with E-state index in [2.05, 4.69) is 4.90 Å². The molecular weight excluding hydrogens is 616 g/mol. The first-order valence-electron chi connectivity index (χ1n) is 15.0. The van der Waals surface area contributed by atoms with Gasteiger partial charge in [0, 0.05) is 69.4 Å². The Morgan fingerprint density at radius 3 is 2.20 bits per heavy atom. The Balaban J connectivity index is 1.17. The number of alkyl halides is 3. The number of benzene rings is 2. The fourth-order valence-corrected chi connectivity index (χ4v) is 7.24. The highest BCUT2D eigenvalue weighted by molar-refractivity contribution is 6.34. The van der Waals surface area contributed by atoms with Crippen LogP contribution in [0.15, 0.2) is 36.4 Å². The van der Waals surface area contributed by atoms with E-state index >= 15 is 0 Å². The number of likely N-dealkylation sites (tertiary alicyclic amines) is 3. The lowest BCUT2D eigenvalue weighted by Crippen LogP contribution is -2.44. The Bertz CT molecular complexity index is 1400. The SMILES string of the molecule is CC(=O)N1CCC(C(=O)N(CCCN2CC3CN(C(=O)c4cccc(C(F)(F)F)c4Cl)CC3C2)c2ccc(C)c(Cl)c2)CC1. The fraction of sp³-hybridized carbons (Fsp3) is 0.531. The van der Waals surface area contributed by atoms with Gasteiger partial charge in [-0.1, -0.05) is 35.3 Å². The lowest BCUT2D eigenvalue weighted by atomic mass is 9.94. The maximum Gasteiger partial charge on any atom is 0.417 e. The van der Waals surface area contributed by atoms with Gasteiger partial charge in [0.15, 0.2) is 0 Å². The lowest BCUT2D eigenvalue weighted by molar-refractivity contribution is -0.137. The summed E-state index contributed by atoms with van der Waals surface area (Å²) in [6, 6.07) is 9.12. The molecule has 12 heteroatoms. The third-order valence-corrected chi connectivity index (χ3v) is 10.1. The van der Waals surface area contributed by atoms with Crippen LogP contribution in [0.25, 0.3) is 0 Å². The van der Waals surface area contributed by atoms with Crippen LogP contribution in [0.5, 0.6) is 0 Å². The number of hydrogen-bond acceptors (Lipinski definition) is 4. The Morgan fingerprint density at radius 2 is 1.61 bits per heavy atom. The molecule has 7 nitrogen and oxygen atoms in total. The van der Waals surface area contributed by atoms with Gasteiger partial charge in [0.25, 0.3) is 5.91 Å². The third kappa shape index (κ3) is 7.02. The van der Waals surface area contributed by atoms with E-state index in [0.29, 0.717) is 50.6 Å². The van der Waals surface area contributed by atoms with Crippen LogP contribution in [-0.4, -0.2) is 84.8 Å². The van der Waals surface area contributed by atoms with Crippen LogP contribution in [0.1, 0.15) is 47.7 Å². The van der Waals surface area contributed by atoms with Crippen molar-refractivity contribution >= 4 is 46.6 Å². The van der Waals surface area contributed by atoms with Crippen molar-refractivity contribution in [2.45, 2.75) is 39.3 Å².